The minimum absolute atomic E-state index is 0.184. The highest BCUT2D eigenvalue weighted by Crippen LogP contribution is 2.32. The normalized spacial score (nSPS) is 24.8. The Kier molecular flexibility index (Phi) is 5.44. The molecule has 0 unspecified atom stereocenters. The third-order valence-corrected chi connectivity index (χ3v) is 5.27. The first kappa shape index (κ1) is 17.3. The van der Waals surface area contributed by atoms with Gasteiger partial charge in [-0.05, 0) is 52.1 Å². The number of amides is 1. The highest BCUT2D eigenvalue weighted by atomic mass is 16.5. The Balaban J connectivity index is 1.74. The van der Waals surface area contributed by atoms with Gasteiger partial charge in [0.2, 0.25) is 5.91 Å². The van der Waals surface area contributed by atoms with E-state index in [0.29, 0.717) is 12.1 Å². The molecule has 4 nitrogen and oxygen atoms in total. The van der Waals surface area contributed by atoms with Crippen molar-refractivity contribution >= 4 is 5.91 Å². The van der Waals surface area contributed by atoms with Crippen LogP contribution < -0.4 is 4.74 Å². The molecule has 0 aromatic heterocycles. The quantitative estimate of drug-likeness (QED) is 0.829. The van der Waals surface area contributed by atoms with Crippen molar-refractivity contribution in [3.8, 4) is 5.75 Å². The maximum atomic E-state index is 11.9. The highest BCUT2D eigenvalue weighted by Gasteiger charge is 2.38. The van der Waals surface area contributed by atoms with E-state index in [0.717, 1.165) is 38.2 Å². The average Bonchev–Trinajstić information content (AvgIpc) is 3.17. The van der Waals surface area contributed by atoms with Crippen LogP contribution in [0.25, 0.3) is 0 Å². The van der Waals surface area contributed by atoms with Crippen molar-refractivity contribution in [1.29, 1.82) is 0 Å². The minimum Gasteiger partial charge on any atom is -0.491 e. The molecule has 0 bridgehead atoms. The molecule has 0 aliphatic carbocycles. The van der Waals surface area contributed by atoms with Gasteiger partial charge in [0.15, 0.2) is 0 Å². The Hall–Kier alpha value is -1.55. The molecule has 0 saturated carbocycles. The summed E-state index contributed by atoms with van der Waals surface area (Å²) < 4.78 is 5.98. The van der Waals surface area contributed by atoms with Gasteiger partial charge in [-0.3, -0.25) is 9.69 Å². The molecular formula is C20H30N2O2. The largest absolute Gasteiger partial charge is 0.491 e. The molecule has 1 aromatic rings. The number of rotatable bonds is 5. The van der Waals surface area contributed by atoms with Crippen LogP contribution in [0.2, 0.25) is 0 Å². The second kappa shape index (κ2) is 7.56. The standard InChI is InChI=1S/C20H30N2O2/c1-15(2)24-20-11-5-4-8-17(20)14-21-12-6-9-18(21)19-10-7-13-22(19)16(3)23/h4-5,8,11,15,18-19H,6-7,9-10,12-14H2,1-3H3/t18-,19-/m0/s1. The van der Waals surface area contributed by atoms with Crippen molar-refractivity contribution in [2.24, 2.45) is 0 Å². The number of benzene rings is 1. The van der Waals surface area contributed by atoms with E-state index < -0.39 is 0 Å². The summed E-state index contributed by atoms with van der Waals surface area (Å²) in [6.07, 6.45) is 4.89. The summed E-state index contributed by atoms with van der Waals surface area (Å²) in [7, 11) is 0. The summed E-state index contributed by atoms with van der Waals surface area (Å²) in [4.78, 5) is 16.6. The van der Waals surface area contributed by atoms with E-state index in [1.807, 2.05) is 6.07 Å². The maximum absolute atomic E-state index is 11.9. The Morgan fingerprint density at radius 2 is 1.88 bits per heavy atom. The van der Waals surface area contributed by atoms with Gasteiger partial charge < -0.3 is 9.64 Å². The van der Waals surface area contributed by atoms with Gasteiger partial charge in [-0.1, -0.05) is 18.2 Å². The predicted molar refractivity (Wildman–Crippen MR) is 96.0 cm³/mol. The summed E-state index contributed by atoms with van der Waals surface area (Å²) in [5.74, 6) is 1.22. The van der Waals surface area contributed by atoms with E-state index in [1.54, 1.807) is 6.92 Å². The molecule has 2 heterocycles. The van der Waals surface area contributed by atoms with Gasteiger partial charge in [-0.2, -0.15) is 0 Å². The van der Waals surface area contributed by atoms with Gasteiger partial charge >= 0.3 is 0 Å². The third-order valence-electron chi connectivity index (χ3n) is 5.27. The average molecular weight is 330 g/mol. The summed E-state index contributed by atoms with van der Waals surface area (Å²) in [6, 6.07) is 9.25. The van der Waals surface area contributed by atoms with Gasteiger partial charge in [0.25, 0.3) is 0 Å². The molecule has 1 aromatic carbocycles. The molecular weight excluding hydrogens is 300 g/mol. The van der Waals surface area contributed by atoms with Gasteiger partial charge in [0.05, 0.1) is 6.10 Å². The number of ether oxygens (including phenoxy) is 1. The van der Waals surface area contributed by atoms with Crippen LogP contribution in [0.3, 0.4) is 0 Å². The number of para-hydroxylation sites is 1. The number of hydrogen-bond acceptors (Lipinski definition) is 3. The van der Waals surface area contributed by atoms with Crippen molar-refractivity contribution in [2.75, 3.05) is 13.1 Å². The molecule has 0 N–H and O–H groups in total. The Labute approximate surface area is 145 Å². The number of hydrogen-bond donors (Lipinski definition) is 0. The molecule has 2 aliphatic rings. The van der Waals surface area contributed by atoms with Crippen LogP contribution in [0.4, 0.5) is 0 Å². The lowest BCUT2D eigenvalue weighted by Gasteiger charge is -2.35. The first-order chi connectivity index (χ1) is 11.6. The molecule has 0 radical (unpaired) electrons. The lowest BCUT2D eigenvalue weighted by Crippen LogP contribution is -2.47. The van der Waals surface area contributed by atoms with Gasteiger partial charge in [0, 0.05) is 37.7 Å². The Bertz CT molecular complexity index is 573. The number of likely N-dealkylation sites (tertiary alicyclic amines) is 2. The first-order valence-corrected chi connectivity index (χ1v) is 9.32. The fourth-order valence-corrected chi connectivity index (χ4v) is 4.29. The molecule has 132 valence electrons. The molecule has 2 saturated heterocycles. The fraction of sp³-hybridized carbons (Fsp3) is 0.650. The zero-order chi connectivity index (χ0) is 17.1. The summed E-state index contributed by atoms with van der Waals surface area (Å²) in [5, 5.41) is 0. The van der Waals surface area contributed by atoms with E-state index in [2.05, 4.69) is 41.8 Å². The summed E-state index contributed by atoms with van der Waals surface area (Å²) in [5.41, 5.74) is 1.26. The lowest BCUT2D eigenvalue weighted by atomic mass is 10.0. The fourth-order valence-electron chi connectivity index (χ4n) is 4.29. The monoisotopic (exact) mass is 330 g/mol. The van der Waals surface area contributed by atoms with Crippen LogP contribution in [0.5, 0.6) is 5.75 Å². The summed E-state index contributed by atoms with van der Waals surface area (Å²) in [6.45, 7) is 8.80. The Morgan fingerprint density at radius 3 is 2.62 bits per heavy atom. The molecule has 3 rings (SSSR count). The van der Waals surface area contributed by atoms with E-state index in [9.17, 15) is 4.79 Å². The predicted octanol–water partition coefficient (Wildman–Crippen LogP) is 3.45. The second-order valence-electron chi connectivity index (χ2n) is 7.38. The van der Waals surface area contributed by atoms with Gasteiger partial charge in [0.1, 0.15) is 5.75 Å². The van der Waals surface area contributed by atoms with Crippen LogP contribution in [-0.2, 0) is 11.3 Å². The molecule has 0 spiro atoms. The summed E-state index contributed by atoms with van der Waals surface area (Å²) >= 11 is 0. The molecule has 4 heteroatoms. The molecule has 2 atom stereocenters. The second-order valence-corrected chi connectivity index (χ2v) is 7.38. The molecule has 24 heavy (non-hydrogen) atoms. The minimum atomic E-state index is 0.184. The zero-order valence-electron chi connectivity index (χ0n) is 15.2. The highest BCUT2D eigenvalue weighted by molar-refractivity contribution is 5.74. The van der Waals surface area contributed by atoms with Crippen molar-refractivity contribution in [2.45, 2.75) is 71.2 Å². The Morgan fingerprint density at radius 1 is 1.17 bits per heavy atom. The van der Waals surface area contributed by atoms with Crippen LogP contribution in [0.1, 0.15) is 52.0 Å². The lowest BCUT2D eigenvalue weighted by molar-refractivity contribution is -0.130. The van der Waals surface area contributed by atoms with Crippen molar-refractivity contribution in [3.63, 3.8) is 0 Å². The van der Waals surface area contributed by atoms with Crippen molar-refractivity contribution in [1.82, 2.24) is 9.80 Å². The molecule has 1 amide bonds. The number of nitrogens with zero attached hydrogens (tertiary/aromatic N) is 2. The van der Waals surface area contributed by atoms with Crippen molar-refractivity contribution in [3.05, 3.63) is 29.8 Å². The van der Waals surface area contributed by atoms with Crippen molar-refractivity contribution < 1.29 is 9.53 Å². The molecule has 2 fully saturated rings. The third kappa shape index (κ3) is 3.75. The van der Waals surface area contributed by atoms with Crippen LogP contribution in [-0.4, -0.2) is 47.0 Å². The van der Waals surface area contributed by atoms with Crippen LogP contribution in [0.15, 0.2) is 24.3 Å². The number of carbonyl (C=O) groups excluding carboxylic acids is 1. The van der Waals surface area contributed by atoms with Gasteiger partial charge in [-0.25, -0.2) is 0 Å². The van der Waals surface area contributed by atoms with E-state index in [1.165, 1.54) is 18.4 Å². The maximum Gasteiger partial charge on any atom is 0.219 e. The van der Waals surface area contributed by atoms with E-state index in [4.69, 9.17) is 4.74 Å². The van der Waals surface area contributed by atoms with Crippen LogP contribution in [0, 0.1) is 0 Å². The van der Waals surface area contributed by atoms with Crippen LogP contribution >= 0.6 is 0 Å². The molecule has 2 aliphatic heterocycles. The smallest absolute Gasteiger partial charge is 0.219 e. The zero-order valence-corrected chi connectivity index (χ0v) is 15.2. The first-order valence-electron chi connectivity index (χ1n) is 9.32. The number of carbonyl (C=O) groups is 1. The van der Waals surface area contributed by atoms with E-state index >= 15 is 0 Å². The van der Waals surface area contributed by atoms with E-state index in [-0.39, 0.29) is 12.0 Å². The SMILES string of the molecule is CC(=O)N1CCC[C@H]1[C@@H]1CCCN1Cc1ccccc1OC(C)C. The topological polar surface area (TPSA) is 32.8 Å². The van der Waals surface area contributed by atoms with Gasteiger partial charge in [-0.15, -0.1) is 0 Å².